The highest BCUT2D eigenvalue weighted by atomic mass is 32.2. The minimum atomic E-state index is -0.735. The fraction of sp³-hybridized carbons (Fsp3) is 0.222. The first-order valence-corrected chi connectivity index (χ1v) is 8.99. The molecule has 0 atom stereocenters. The van der Waals surface area contributed by atoms with Crippen LogP contribution in [0.1, 0.15) is 10.6 Å². The van der Waals surface area contributed by atoms with Gasteiger partial charge in [0, 0.05) is 36.8 Å². The van der Waals surface area contributed by atoms with Crippen LogP contribution in [0.5, 0.6) is 0 Å². The molecule has 9 heteroatoms. The Morgan fingerprint density at radius 2 is 1.70 bits per heavy atom. The van der Waals surface area contributed by atoms with Gasteiger partial charge in [0.15, 0.2) is 5.76 Å². The van der Waals surface area contributed by atoms with Crippen LogP contribution < -0.4 is 5.32 Å². The van der Waals surface area contributed by atoms with Gasteiger partial charge in [0.05, 0.1) is 6.26 Å². The fourth-order valence-electron chi connectivity index (χ4n) is 2.66. The molecule has 0 aliphatic carbocycles. The van der Waals surface area contributed by atoms with Gasteiger partial charge < -0.3 is 19.5 Å². The molecule has 2 aromatic rings. The summed E-state index contributed by atoms with van der Waals surface area (Å²) >= 11 is 1.01. The lowest BCUT2D eigenvalue weighted by Crippen LogP contribution is -2.52. The number of anilines is 1. The molecule has 1 aromatic carbocycles. The number of rotatable bonds is 3. The SMILES string of the molecule is N#CSc1ccc(NC(=O)C(=O)N2CCN(C(=O)c3ccco3)CC2)cc1. The summed E-state index contributed by atoms with van der Waals surface area (Å²) < 4.78 is 5.10. The summed E-state index contributed by atoms with van der Waals surface area (Å²) in [6.07, 6.45) is 1.43. The van der Waals surface area contributed by atoms with Gasteiger partial charge in [-0.2, -0.15) is 5.26 Å². The third-order valence-electron chi connectivity index (χ3n) is 4.06. The highest BCUT2D eigenvalue weighted by Gasteiger charge is 2.29. The maximum absolute atomic E-state index is 12.3. The van der Waals surface area contributed by atoms with E-state index < -0.39 is 11.8 Å². The summed E-state index contributed by atoms with van der Waals surface area (Å²) in [4.78, 5) is 40.5. The zero-order chi connectivity index (χ0) is 19.2. The average Bonchev–Trinajstić information content (AvgIpc) is 3.23. The smallest absolute Gasteiger partial charge is 0.313 e. The van der Waals surface area contributed by atoms with Crippen molar-refractivity contribution in [2.75, 3.05) is 31.5 Å². The van der Waals surface area contributed by atoms with E-state index in [2.05, 4.69) is 5.32 Å². The number of carbonyl (C=O) groups is 3. The van der Waals surface area contributed by atoms with Gasteiger partial charge in [-0.05, 0) is 48.2 Å². The number of nitrogens with one attached hydrogen (secondary N) is 1. The molecule has 1 aliphatic heterocycles. The van der Waals surface area contributed by atoms with Gasteiger partial charge in [-0.3, -0.25) is 14.4 Å². The van der Waals surface area contributed by atoms with Crippen molar-refractivity contribution in [2.45, 2.75) is 4.90 Å². The van der Waals surface area contributed by atoms with E-state index >= 15 is 0 Å². The molecule has 3 amide bonds. The van der Waals surface area contributed by atoms with Crippen LogP contribution >= 0.6 is 11.8 Å². The number of carbonyl (C=O) groups excluding carboxylic acids is 3. The topological polar surface area (TPSA) is 107 Å². The molecular formula is C18H16N4O4S. The van der Waals surface area contributed by atoms with Crippen LogP contribution in [0.2, 0.25) is 0 Å². The van der Waals surface area contributed by atoms with Crippen molar-refractivity contribution >= 4 is 35.2 Å². The Balaban J connectivity index is 1.52. The van der Waals surface area contributed by atoms with Crippen LogP contribution in [0.3, 0.4) is 0 Å². The second-order valence-corrected chi connectivity index (χ2v) is 6.59. The first kappa shape index (κ1) is 18.5. The van der Waals surface area contributed by atoms with Crippen molar-refractivity contribution in [3.63, 3.8) is 0 Å². The zero-order valence-electron chi connectivity index (χ0n) is 14.3. The van der Waals surface area contributed by atoms with Crippen LogP contribution in [0.25, 0.3) is 0 Å². The van der Waals surface area contributed by atoms with Crippen LogP contribution in [0.4, 0.5) is 5.69 Å². The molecule has 27 heavy (non-hydrogen) atoms. The van der Waals surface area contributed by atoms with Crippen molar-refractivity contribution in [3.8, 4) is 5.40 Å². The second kappa shape index (κ2) is 8.42. The molecule has 8 nitrogen and oxygen atoms in total. The van der Waals surface area contributed by atoms with E-state index in [0.717, 1.165) is 16.7 Å². The van der Waals surface area contributed by atoms with Gasteiger partial charge in [-0.15, -0.1) is 0 Å². The molecule has 0 bridgehead atoms. The van der Waals surface area contributed by atoms with Gasteiger partial charge in [0.1, 0.15) is 5.40 Å². The molecule has 0 radical (unpaired) electrons. The predicted octanol–water partition coefficient (Wildman–Crippen LogP) is 1.78. The normalized spacial score (nSPS) is 13.7. The lowest BCUT2D eigenvalue weighted by Gasteiger charge is -2.33. The highest BCUT2D eigenvalue weighted by molar-refractivity contribution is 8.03. The minimum Gasteiger partial charge on any atom is -0.459 e. The van der Waals surface area contributed by atoms with Crippen molar-refractivity contribution < 1.29 is 18.8 Å². The number of benzene rings is 1. The number of nitrogens with zero attached hydrogens (tertiary/aromatic N) is 3. The largest absolute Gasteiger partial charge is 0.459 e. The molecule has 1 aliphatic rings. The van der Waals surface area contributed by atoms with Gasteiger partial charge >= 0.3 is 11.8 Å². The molecule has 1 saturated heterocycles. The molecule has 1 aromatic heterocycles. The minimum absolute atomic E-state index is 0.230. The van der Waals surface area contributed by atoms with Gasteiger partial charge in [-0.1, -0.05) is 0 Å². The van der Waals surface area contributed by atoms with Crippen LogP contribution in [-0.2, 0) is 9.59 Å². The Morgan fingerprint density at radius 3 is 2.30 bits per heavy atom. The second-order valence-electron chi connectivity index (χ2n) is 5.73. The van der Waals surface area contributed by atoms with Crippen molar-refractivity contribution in [2.24, 2.45) is 0 Å². The Labute approximate surface area is 159 Å². The Hall–Kier alpha value is -3.25. The fourth-order valence-corrected chi connectivity index (χ4v) is 3.03. The van der Waals surface area contributed by atoms with Crippen LogP contribution in [0, 0.1) is 10.7 Å². The summed E-state index contributed by atoms with van der Waals surface area (Å²) in [7, 11) is 0. The predicted molar refractivity (Wildman–Crippen MR) is 97.7 cm³/mol. The molecule has 0 saturated carbocycles. The molecule has 138 valence electrons. The first-order chi connectivity index (χ1) is 13.1. The summed E-state index contributed by atoms with van der Waals surface area (Å²) in [6, 6.07) is 9.87. The molecular weight excluding hydrogens is 368 g/mol. The molecule has 1 fully saturated rings. The van der Waals surface area contributed by atoms with E-state index in [1.165, 1.54) is 11.2 Å². The van der Waals surface area contributed by atoms with Crippen molar-refractivity contribution in [1.82, 2.24) is 9.80 Å². The number of thioether (sulfide) groups is 1. The average molecular weight is 384 g/mol. The summed E-state index contributed by atoms with van der Waals surface area (Å²) in [6.45, 7) is 1.21. The Bertz CT molecular complexity index is 866. The van der Waals surface area contributed by atoms with Gasteiger partial charge in [-0.25, -0.2) is 0 Å². The number of nitriles is 1. The number of hydrogen-bond acceptors (Lipinski definition) is 6. The Kier molecular flexibility index (Phi) is 5.78. The maximum Gasteiger partial charge on any atom is 0.313 e. The van der Waals surface area contributed by atoms with Crippen molar-refractivity contribution in [1.29, 1.82) is 5.26 Å². The summed E-state index contributed by atoms with van der Waals surface area (Å²) in [5.41, 5.74) is 0.474. The van der Waals surface area contributed by atoms with E-state index in [1.54, 1.807) is 41.3 Å². The molecule has 0 spiro atoms. The standard InChI is InChI=1S/C18H16N4O4S/c19-12-27-14-5-3-13(4-6-14)20-16(23)18(25)22-9-7-21(8-10-22)17(24)15-2-1-11-26-15/h1-6,11H,7-10H2,(H,20,23). The Morgan fingerprint density at radius 1 is 1.04 bits per heavy atom. The van der Waals surface area contributed by atoms with Gasteiger partial charge in [0.2, 0.25) is 0 Å². The number of piperazine rings is 1. The van der Waals surface area contributed by atoms with Crippen molar-refractivity contribution in [3.05, 3.63) is 48.4 Å². The van der Waals surface area contributed by atoms with Crippen LogP contribution in [0.15, 0.2) is 52.0 Å². The highest BCUT2D eigenvalue weighted by Crippen LogP contribution is 2.19. The number of furan rings is 1. The number of thiocyanates is 1. The van der Waals surface area contributed by atoms with E-state index in [0.29, 0.717) is 18.8 Å². The van der Waals surface area contributed by atoms with E-state index in [9.17, 15) is 14.4 Å². The number of amides is 3. The lowest BCUT2D eigenvalue weighted by molar-refractivity contribution is -0.144. The third kappa shape index (κ3) is 4.48. The molecule has 1 N–H and O–H groups in total. The number of hydrogen-bond donors (Lipinski definition) is 1. The lowest BCUT2D eigenvalue weighted by atomic mass is 10.2. The molecule has 2 heterocycles. The van der Waals surface area contributed by atoms with E-state index in [1.807, 2.05) is 5.40 Å². The van der Waals surface area contributed by atoms with E-state index in [-0.39, 0.29) is 24.8 Å². The molecule has 0 unspecified atom stereocenters. The van der Waals surface area contributed by atoms with Crippen LogP contribution in [-0.4, -0.2) is 53.7 Å². The zero-order valence-corrected chi connectivity index (χ0v) is 15.1. The van der Waals surface area contributed by atoms with Gasteiger partial charge in [0.25, 0.3) is 5.91 Å². The van der Waals surface area contributed by atoms with E-state index in [4.69, 9.17) is 9.68 Å². The summed E-state index contributed by atoms with van der Waals surface area (Å²) in [5.74, 6) is -1.35. The maximum atomic E-state index is 12.3. The monoisotopic (exact) mass is 384 g/mol. The first-order valence-electron chi connectivity index (χ1n) is 8.17. The quantitative estimate of drug-likeness (QED) is 0.491. The summed E-state index contributed by atoms with van der Waals surface area (Å²) in [5, 5.41) is 13.1. The third-order valence-corrected chi connectivity index (χ3v) is 4.66. The molecule has 3 rings (SSSR count).